The predicted octanol–water partition coefficient (Wildman–Crippen LogP) is -0.362. The van der Waals surface area contributed by atoms with Crippen LogP contribution in [0.2, 0.25) is 0 Å². The highest BCUT2D eigenvalue weighted by molar-refractivity contribution is 8.76. The lowest BCUT2D eigenvalue weighted by molar-refractivity contribution is -0.148. The molecule has 2 bridgehead atoms. The van der Waals surface area contributed by atoms with Gasteiger partial charge in [-0.1, -0.05) is 41.5 Å². The molecule has 2 heterocycles. The number of hydrogen-bond acceptors (Lipinski definition) is 9. The van der Waals surface area contributed by atoms with Gasteiger partial charge in [0.25, 0.3) is 0 Å². The van der Waals surface area contributed by atoms with Gasteiger partial charge in [-0.3, -0.25) is 28.2 Å². The Morgan fingerprint density at radius 1 is 1.06 bits per heavy atom. The molecule has 0 aromatic heterocycles. The fourth-order valence-corrected chi connectivity index (χ4v) is 6.12. The third kappa shape index (κ3) is 10.5. The number of ether oxygens (including phenoxy) is 1. The molecule has 0 aliphatic carbocycles. The van der Waals surface area contributed by atoms with Crippen LogP contribution >= 0.6 is 21.6 Å². The lowest BCUT2D eigenvalue weighted by Gasteiger charge is -2.27. The van der Waals surface area contributed by atoms with Crippen molar-refractivity contribution in [3.05, 3.63) is 12.2 Å². The van der Waals surface area contributed by atoms with Gasteiger partial charge in [-0.25, -0.2) is 0 Å². The van der Waals surface area contributed by atoms with Crippen LogP contribution in [0, 0.1) is 5.92 Å². The quantitative estimate of drug-likeness (QED) is 0.204. The number of carbonyl (C=O) groups is 5. The third-order valence-electron chi connectivity index (χ3n) is 5.34. The van der Waals surface area contributed by atoms with Gasteiger partial charge < -0.3 is 26.0 Å². The first-order valence-corrected chi connectivity index (χ1v) is 15.9. The average molecular weight is 563 g/mol. The molecule has 0 saturated carbocycles. The fourth-order valence-electron chi connectivity index (χ4n) is 3.40. The summed E-state index contributed by atoms with van der Waals surface area (Å²) in [4.78, 5) is 64.3. The van der Waals surface area contributed by atoms with Crippen molar-refractivity contribution >= 4 is 62.0 Å². The predicted molar refractivity (Wildman–Crippen MR) is 140 cm³/mol. The van der Waals surface area contributed by atoms with E-state index >= 15 is 0 Å². The van der Waals surface area contributed by atoms with E-state index in [9.17, 15) is 28.2 Å². The first-order chi connectivity index (χ1) is 17.1. The van der Waals surface area contributed by atoms with Crippen LogP contribution in [0.25, 0.3) is 0 Å². The number of amides is 4. The summed E-state index contributed by atoms with van der Waals surface area (Å²) < 4.78 is 17.1. The summed E-state index contributed by atoms with van der Waals surface area (Å²) in [5.74, 6) is -2.24. The first kappa shape index (κ1) is 30.2. The molecule has 5 atom stereocenters. The Labute approximate surface area is 221 Å². The third-order valence-corrected chi connectivity index (χ3v) is 8.60. The lowest BCUT2D eigenvalue weighted by atomic mass is 10.0. The minimum Gasteiger partial charge on any atom is -0.456 e. The summed E-state index contributed by atoms with van der Waals surface area (Å²) in [5, 5.41) is 10.5. The summed E-state index contributed by atoms with van der Waals surface area (Å²) in [6.07, 6.45) is 4.49. The van der Waals surface area contributed by atoms with E-state index in [0.29, 0.717) is 12.2 Å². The molecule has 1 unspecified atom stereocenters. The highest BCUT2D eigenvalue weighted by Crippen LogP contribution is 2.23. The number of hydrogen-bond donors (Lipinski definition) is 4. The second kappa shape index (κ2) is 15.3. The van der Waals surface area contributed by atoms with E-state index < -0.39 is 71.2 Å². The Balaban J connectivity index is 2.45. The summed E-state index contributed by atoms with van der Waals surface area (Å²) in [7, 11) is 1.69. The number of carbonyl (C=O) groups excluding carboxylic acids is 5. The number of fused-ring (bicyclic) bond motifs is 7. The van der Waals surface area contributed by atoms with E-state index in [1.807, 2.05) is 0 Å². The highest BCUT2D eigenvalue weighted by Gasteiger charge is 2.32. The molecule has 4 N–H and O–H groups in total. The van der Waals surface area contributed by atoms with Crippen molar-refractivity contribution < 1.29 is 32.9 Å². The second-order valence-corrected chi connectivity index (χ2v) is 12.9. The van der Waals surface area contributed by atoms with Crippen molar-refractivity contribution in [1.82, 2.24) is 21.3 Å². The van der Waals surface area contributed by atoms with Gasteiger partial charge in [-0.2, -0.15) is 0 Å². The van der Waals surface area contributed by atoms with Gasteiger partial charge in [0, 0.05) is 34.3 Å². The first-order valence-electron chi connectivity index (χ1n) is 11.6. The maximum Gasteiger partial charge on any atom is 0.326 e. The van der Waals surface area contributed by atoms with Gasteiger partial charge in [0.2, 0.25) is 23.6 Å². The number of esters is 1. The van der Waals surface area contributed by atoms with E-state index in [1.54, 1.807) is 26.0 Å². The van der Waals surface area contributed by atoms with Gasteiger partial charge in [0.05, 0.1) is 6.42 Å². The van der Waals surface area contributed by atoms with Crippen molar-refractivity contribution in [1.29, 1.82) is 0 Å². The highest BCUT2D eigenvalue weighted by atomic mass is 33.1. The van der Waals surface area contributed by atoms with E-state index in [2.05, 4.69) is 21.3 Å². The molecule has 11 nitrogen and oxygen atoms in total. The molecule has 0 spiro atoms. The molecule has 0 radical (unpaired) electrons. The lowest BCUT2D eigenvalue weighted by Crippen LogP contribution is -2.59. The second-order valence-electron chi connectivity index (χ2n) is 8.75. The van der Waals surface area contributed by atoms with Crippen LogP contribution in [0.5, 0.6) is 0 Å². The van der Waals surface area contributed by atoms with Gasteiger partial charge in [0.1, 0.15) is 30.8 Å². The Kier molecular flexibility index (Phi) is 12.8. The number of nitrogens with one attached hydrogen (secondary N) is 4. The summed E-state index contributed by atoms with van der Waals surface area (Å²) in [5.41, 5.74) is 0. The van der Waals surface area contributed by atoms with E-state index in [-0.39, 0.29) is 30.3 Å². The molecule has 0 aromatic carbocycles. The largest absolute Gasteiger partial charge is 0.456 e. The van der Waals surface area contributed by atoms with Gasteiger partial charge in [-0.15, -0.1) is 0 Å². The van der Waals surface area contributed by atoms with E-state index in [0.717, 1.165) is 0 Å². The van der Waals surface area contributed by atoms with Crippen molar-refractivity contribution in [2.45, 2.75) is 57.3 Å². The van der Waals surface area contributed by atoms with Crippen LogP contribution in [0.3, 0.4) is 0 Å². The zero-order chi connectivity index (χ0) is 26.7. The number of allylic oxidation sites excluding steroid dienone is 1. The molecule has 0 aromatic rings. The van der Waals surface area contributed by atoms with Crippen LogP contribution in [0.1, 0.15) is 33.1 Å². The fraction of sp³-hybridized carbons (Fsp3) is 0.682. The van der Waals surface area contributed by atoms with Gasteiger partial charge >= 0.3 is 5.97 Å². The molecule has 14 heteroatoms. The van der Waals surface area contributed by atoms with Crippen LogP contribution in [0.15, 0.2) is 12.2 Å². The van der Waals surface area contributed by atoms with Crippen LogP contribution in [0.4, 0.5) is 0 Å². The van der Waals surface area contributed by atoms with E-state index in [1.165, 1.54) is 27.8 Å². The van der Waals surface area contributed by atoms with E-state index in [4.69, 9.17) is 4.74 Å². The topological polar surface area (TPSA) is 160 Å². The maximum atomic E-state index is 13.2. The molecule has 1 saturated heterocycles. The summed E-state index contributed by atoms with van der Waals surface area (Å²) in [6.45, 7) is 3.07. The van der Waals surface area contributed by atoms with Crippen molar-refractivity contribution in [3.8, 4) is 0 Å². The zero-order valence-electron chi connectivity index (χ0n) is 20.6. The molecular weight excluding hydrogens is 528 g/mol. The molecule has 2 rings (SSSR count). The SMILES string of the molecule is CC(C)[C@H]1NC(=O)[C@H]2CSSCC/C=C/[C@H](CC(=O)N[C@@H](CCS(C)=O)C(=O)N2)OC(=O)CNC1=O. The van der Waals surface area contributed by atoms with Crippen LogP contribution in [-0.4, -0.2) is 88.1 Å². The molecular formula is C22H34N4O7S3. The van der Waals surface area contributed by atoms with Crippen molar-refractivity contribution in [2.75, 3.05) is 30.1 Å². The Hall–Kier alpha value is -2.06. The van der Waals surface area contributed by atoms with Gasteiger partial charge in [-0.05, 0) is 24.8 Å². The van der Waals surface area contributed by atoms with Crippen LogP contribution in [-0.2, 0) is 39.5 Å². The number of rotatable bonds is 4. The van der Waals surface area contributed by atoms with Crippen molar-refractivity contribution in [2.24, 2.45) is 5.92 Å². The Morgan fingerprint density at radius 3 is 2.50 bits per heavy atom. The molecule has 36 heavy (non-hydrogen) atoms. The average Bonchev–Trinajstić information content (AvgIpc) is 2.80. The monoisotopic (exact) mass is 562 g/mol. The summed E-state index contributed by atoms with van der Waals surface area (Å²) in [6, 6.07) is -2.97. The summed E-state index contributed by atoms with van der Waals surface area (Å²) >= 11 is 0. The minimum absolute atomic E-state index is 0.0915. The molecule has 2 aliphatic rings. The Bertz CT molecular complexity index is 884. The van der Waals surface area contributed by atoms with Crippen molar-refractivity contribution in [3.63, 3.8) is 0 Å². The molecule has 202 valence electrons. The van der Waals surface area contributed by atoms with Crippen LogP contribution < -0.4 is 21.3 Å². The Morgan fingerprint density at radius 2 is 1.81 bits per heavy atom. The van der Waals surface area contributed by atoms with Gasteiger partial charge in [0.15, 0.2) is 0 Å². The standard InChI is InChI=1S/C22H34N4O7S3/c1-13(2)19-22(31)23-11-18(28)33-14-6-4-5-8-34-35-12-16(21(30)26-19)25-20(29)15(7-9-36(3)32)24-17(27)10-14/h4,6,13-16,19H,5,7-12H2,1-3H3,(H,23,31)(H,24,27)(H,25,29)(H,26,30)/b6-4+/t14-,15+,16-,19-,36?/m1/s1. The molecule has 1 fully saturated rings. The minimum atomic E-state index is -1.21. The molecule has 2 aliphatic heterocycles. The maximum absolute atomic E-state index is 13.2. The molecule has 4 amide bonds. The smallest absolute Gasteiger partial charge is 0.326 e. The normalized spacial score (nSPS) is 29.2. The zero-order valence-corrected chi connectivity index (χ0v) is 23.0.